The Bertz CT molecular complexity index is 1040. The van der Waals surface area contributed by atoms with Gasteiger partial charge in [-0.2, -0.15) is 26.3 Å². The van der Waals surface area contributed by atoms with E-state index in [1.54, 1.807) is 6.20 Å². The van der Waals surface area contributed by atoms with Crippen LogP contribution in [-0.4, -0.2) is 44.9 Å². The van der Waals surface area contributed by atoms with Gasteiger partial charge in [-0.05, 0) is 61.8 Å². The Balaban J connectivity index is 1.43. The van der Waals surface area contributed by atoms with Gasteiger partial charge in [0.05, 0.1) is 28.8 Å². The lowest BCUT2D eigenvalue weighted by Gasteiger charge is -2.38. The van der Waals surface area contributed by atoms with Crippen molar-refractivity contribution in [2.24, 2.45) is 11.3 Å². The number of rotatable bonds is 6. The first kappa shape index (κ1) is 27.4. The van der Waals surface area contributed by atoms with Crippen molar-refractivity contribution < 1.29 is 31.1 Å². The van der Waals surface area contributed by atoms with Gasteiger partial charge in [0, 0.05) is 31.9 Å². The van der Waals surface area contributed by atoms with E-state index in [9.17, 15) is 31.1 Å². The van der Waals surface area contributed by atoms with E-state index in [1.807, 2.05) is 24.7 Å². The van der Waals surface area contributed by atoms with Gasteiger partial charge in [-0.15, -0.1) is 5.10 Å². The average Bonchev–Trinajstić information content (AvgIpc) is 3.53. The molecule has 204 valence electrons. The van der Waals surface area contributed by atoms with Crippen LogP contribution in [0.2, 0.25) is 0 Å². The Morgan fingerprint density at radius 1 is 1.03 bits per heavy atom. The van der Waals surface area contributed by atoms with Crippen LogP contribution >= 0.6 is 0 Å². The maximum absolute atomic E-state index is 13.4. The van der Waals surface area contributed by atoms with Crippen LogP contribution in [0, 0.1) is 11.3 Å². The molecular weight excluding hydrogens is 500 g/mol. The van der Waals surface area contributed by atoms with Crippen LogP contribution in [0.4, 0.5) is 26.3 Å². The van der Waals surface area contributed by atoms with Gasteiger partial charge in [0.15, 0.2) is 0 Å². The van der Waals surface area contributed by atoms with Crippen molar-refractivity contribution in [2.75, 3.05) is 13.1 Å². The minimum absolute atomic E-state index is 0.0440. The second-order valence-corrected chi connectivity index (χ2v) is 10.5. The van der Waals surface area contributed by atoms with Crippen molar-refractivity contribution in [1.29, 1.82) is 0 Å². The molecular formula is C25H31F6N5O. The van der Waals surface area contributed by atoms with Crippen LogP contribution in [0.25, 0.3) is 0 Å². The first-order chi connectivity index (χ1) is 17.3. The Morgan fingerprint density at radius 2 is 1.65 bits per heavy atom. The third-order valence-electron chi connectivity index (χ3n) is 8.01. The highest BCUT2D eigenvalue weighted by atomic mass is 19.4. The zero-order chi connectivity index (χ0) is 27.0. The van der Waals surface area contributed by atoms with Crippen molar-refractivity contribution in [2.45, 2.75) is 76.9 Å². The Morgan fingerprint density at radius 3 is 2.16 bits per heavy atom. The first-order valence-electron chi connectivity index (χ1n) is 12.5. The van der Waals surface area contributed by atoms with Gasteiger partial charge in [0.2, 0.25) is 5.91 Å². The summed E-state index contributed by atoms with van der Waals surface area (Å²) in [6, 6.07) is 1.89. The summed E-state index contributed by atoms with van der Waals surface area (Å²) in [4.78, 5) is 15.8. The second kappa shape index (κ2) is 10.3. The summed E-state index contributed by atoms with van der Waals surface area (Å²) in [5.41, 5.74) is -3.75. The van der Waals surface area contributed by atoms with Gasteiger partial charge < -0.3 is 10.2 Å². The number of hydrogen-bond acceptors (Lipinski definition) is 4. The van der Waals surface area contributed by atoms with Gasteiger partial charge in [-0.25, -0.2) is 4.68 Å². The Hall–Kier alpha value is -2.63. The molecule has 1 aromatic heterocycles. The lowest BCUT2D eigenvalue weighted by Crippen LogP contribution is -2.45. The number of piperidine rings is 1. The van der Waals surface area contributed by atoms with E-state index in [-0.39, 0.29) is 35.5 Å². The molecule has 0 radical (unpaired) electrons. The number of amides is 1. The zero-order valence-corrected chi connectivity index (χ0v) is 20.7. The van der Waals surface area contributed by atoms with E-state index >= 15 is 0 Å². The molecule has 12 heteroatoms. The van der Waals surface area contributed by atoms with Crippen molar-refractivity contribution in [3.8, 4) is 0 Å². The highest BCUT2D eigenvalue weighted by Crippen LogP contribution is 2.47. The molecule has 4 rings (SSSR count). The predicted molar refractivity (Wildman–Crippen MR) is 123 cm³/mol. The minimum Gasteiger partial charge on any atom is -0.352 e. The van der Waals surface area contributed by atoms with Crippen LogP contribution in [-0.2, 0) is 23.7 Å². The highest BCUT2D eigenvalue weighted by molar-refractivity contribution is 5.83. The second-order valence-electron chi connectivity index (χ2n) is 10.5. The van der Waals surface area contributed by atoms with Crippen molar-refractivity contribution in [3.05, 3.63) is 47.3 Å². The number of benzene rings is 1. The largest absolute Gasteiger partial charge is 0.416 e. The van der Waals surface area contributed by atoms with Gasteiger partial charge in [0.25, 0.3) is 0 Å². The molecule has 1 N–H and O–H groups in total. The molecule has 0 unspecified atom stereocenters. The van der Waals surface area contributed by atoms with Gasteiger partial charge in [-0.1, -0.05) is 19.1 Å². The highest BCUT2D eigenvalue weighted by Gasteiger charge is 2.49. The lowest BCUT2D eigenvalue weighted by atomic mass is 9.74. The molecule has 1 amide bonds. The molecule has 2 atom stereocenters. The standard InChI is InChI=1S/C25H31F6N5O/c1-16(2)23(6-3-21(14-23)35-8-4-20(5-9-35)36-10-7-33-34-36)22(37)32-15-17-11-18(24(26,27)28)13-19(12-17)25(29,30)31/h7,10-13,16,20-21H,3-6,8-9,14-15H2,1-2H3,(H,32,37)/t21-,23+/m1/s1. The summed E-state index contributed by atoms with van der Waals surface area (Å²) in [5.74, 6) is -0.370. The van der Waals surface area contributed by atoms with Crippen LogP contribution in [0.3, 0.4) is 0 Å². The molecule has 1 saturated carbocycles. The fraction of sp³-hybridized carbons (Fsp3) is 0.640. The van der Waals surface area contributed by atoms with Crippen LogP contribution in [0.15, 0.2) is 30.6 Å². The lowest BCUT2D eigenvalue weighted by molar-refractivity contribution is -0.143. The summed E-state index contributed by atoms with van der Waals surface area (Å²) in [5, 5.41) is 10.6. The summed E-state index contributed by atoms with van der Waals surface area (Å²) >= 11 is 0. The SMILES string of the molecule is CC(C)[C@]1(C(=O)NCc2cc(C(F)(F)F)cc(C(F)(F)F)c2)CC[C@@H](N2CCC(n3ccnn3)CC2)C1. The minimum atomic E-state index is -4.93. The molecule has 0 bridgehead atoms. The van der Waals surface area contributed by atoms with Gasteiger partial charge in [0.1, 0.15) is 0 Å². The Kier molecular flexibility index (Phi) is 7.60. The summed E-state index contributed by atoms with van der Waals surface area (Å²) in [6.45, 7) is 5.18. The fourth-order valence-corrected chi connectivity index (χ4v) is 5.76. The van der Waals surface area contributed by atoms with Gasteiger partial charge >= 0.3 is 12.4 Å². The first-order valence-corrected chi connectivity index (χ1v) is 12.5. The van der Waals surface area contributed by atoms with E-state index in [2.05, 4.69) is 20.5 Å². The molecule has 1 aromatic carbocycles. The number of likely N-dealkylation sites (tertiary alicyclic amines) is 1. The molecule has 2 heterocycles. The number of nitrogens with zero attached hydrogens (tertiary/aromatic N) is 4. The molecule has 1 aliphatic carbocycles. The van der Waals surface area contributed by atoms with E-state index in [0.29, 0.717) is 25.0 Å². The van der Waals surface area contributed by atoms with Crippen molar-refractivity contribution in [1.82, 2.24) is 25.2 Å². The normalized spacial score (nSPS) is 24.1. The third-order valence-corrected chi connectivity index (χ3v) is 8.01. The topological polar surface area (TPSA) is 63.1 Å². The number of alkyl halides is 6. The number of hydrogen-bond donors (Lipinski definition) is 1. The van der Waals surface area contributed by atoms with E-state index < -0.39 is 35.4 Å². The number of carbonyl (C=O) groups is 1. The number of aromatic nitrogens is 3. The average molecular weight is 532 g/mol. The monoisotopic (exact) mass is 531 g/mol. The van der Waals surface area contributed by atoms with Crippen LogP contribution in [0.5, 0.6) is 0 Å². The molecule has 6 nitrogen and oxygen atoms in total. The van der Waals surface area contributed by atoms with Gasteiger partial charge in [-0.3, -0.25) is 4.79 Å². The molecule has 1 aliphatic heterocycles. The van der Waals surface area contributed by atoms with Crippen LogP contribution < -0.4 is 5.32 Å². The smallest absolute Gasteiger partial charge is 0.352 e. The molecule has 0 spiro atoms. The third kappa shape index (κ3) is 5.94. The summed E-state index contributed by atoms with van der Waals surface area (Å²) < 4.78 is 81.1. The van der Waals surface area contributed by atoms with Crippen molar-refractivity contribution >= 4 is 5.91 Å². The fourth-order valence-electron chi connectivity index (χ4n) is 5.76. The molecule has 2 aromatic rings. The summed E-state index contributed by atoms with van der Waals surface area (Å²) in [7, 11) is 0. The maximum atomic E-state index is 13.4. The molecule has 1 saturated heterocycles. The maximum Gasteiger partial charge on any atom is 0.416 e. The molecule has 37 heavy (non-hydrogen) atoms. The number of halogens is 6. The quantitative estimate of drug-likeness (QED) is 0.503. The van der Waals surface area contributed by atoms with Crippen LogP contribution in [0.1, 0.15) is 68.7 Å². The van der Waals surface area contributed by atoms with E-state index in [1.165, 1.54) is 0 Å². The van der Waals surface area contributed by atoms with Crippen molar-refractivity contribution in [3.63, 3.8) is 0 Å². The number of nitrogens with one attached hydrogen (secondary N) is 1. The molecule has 2 fully saturated rings. The molecule has 2 aliphatic rings. The summed E-state index contributed by atoms with van der Waals surface area (Å²) in [6.07, 6.45) is -2.51. The Labute approximate surface area is 211 Å². The number of carbonyl (C=O) groups excluding carboxylic acids is 1. The zero-order valence-electron chi connectivity index (χ0n) is 20.7. The van der Waals surface area contributed by atoms with E-state index in [4.69, 9.17) is 0 Å². The predicted octanol–water partition coefficient (Wildman–Crippen LogP) is 5.46. The van der Waals surface area contributed by atoms with E-state index in [0.717, 1.165) is 32.4 Å².